The van der Waals surface area contributed by atoms with E-state index in [4.69, 9.17) is 21.1 Å². The van der Waals surface area contributed by atoms with Gasteiger partial charge in [-0.15, -0.1) is 0 Å². The van der Waals surface area contributed by atoms with Crippen molar-refractivity contribution in [3.05, 3.63) is 81.9 Å². The normalized spacial score (nSPS) is 20.1. The Labute approximate surface area is 211 Å². The summed E-state index contributed by atoms with van der Waals surface area (Å²) in [6, 6.07) is 17.9. The molecule has 3 aromatic carbocycles. The summed E-state index contributed by atoms with van der Waals surface area (Å²) in [7, 11) is 0. The van der Waals surface area contributed by atoms with Crippen LogP contribution in [0, 0.1) is 0 Å². The molecule has 1 atom stereocenters. The minimum Gasteiger partial charge on any atom is -0.455 e. The molecule has 5 nitrogen and oxygen atoms in total. The van der Waals surface area contributed by atoms with E-state index in [-0.39, 0.29) is 5.97 Å². The maximum absolute atomic E-state index is 13.2. The number of rotatable bonds is 4. The number of anilines is 2. The largest absolute Gasteiger partial charge is 0.455 e. The molecule has 180 valence electrons. The first-order valence-corrected chi connectivity index (χ1v) is 12.9. The molecule has 1 unspecified atom stereocenters. The lowest BCUT2D eigenvalue weighted by atomic mass is 9.77. The Kier molecular flexibility index (Phi) is 5.41. The highest BCUT2D eigenvalue weighted by Crippen LogP contribution is 2.58. The van der Waals surface area contributed by atoms with Gasteiger partial charge < -0.3 is 19.3 Å². The molecule has 0 bridgehead atoms. The molecular weight excluding hydrogens is 460 g/mol. The van der Waals surface area contributed by atoms with Crippen molar-refractivity contribution in [1.82, 2.24) is 0 Å². The number of fused-ring (bicyclic) bond motifs is 6. The van der Waals surface area contributed by atoms with E-state index in [0.717, 1.165) is 67.1 Å². The summed E-state index contributed by atoms with van der Waals surface area (Å²) in [5, 5.41) is 0.529. The fourth-order valence-corrected chi connectivity index (χ4v) is 6.08. The Hall–Kier alpha value is -3.18. The average Bonchev–Trinajstić information content (AvgIpc) is 3.19. The predicted octanol–water partition coefficient (Wildman–Crippen LogP) is 6.74. The van der Waals surface area contributed by atoms with Crippen LogP contribution in [0.5, 0.6) is 11.5 Å². The first kappa shape index (κ1) is 22.3. The van der Waals surface area contributed by atoms with Crippen molar-refractivity contribution >= 4 is 28.9 Å². The van der Waals surface area contributed by atoms with Crippen molar-refractivity contribution < 1.29 is 14.3 Å². The zero-order valence-electron chi connectivity index (χ0n) is 20.1. The van der Waals surface area contributed by atoms with Gasteiger partial charge in [-0.3, -0.25) is 0 Å². The number of piperidine rings is 1. The number of hydrogen-bond acceptors (Lipinski definition) is 5. The molecular formula is C29H29ClN2O3. The molecule has 0 N–H and O–H groups in total. The van der Waals surface area contributed by atoms with Gasteiger partial charge in [-0.05, 0) is 63.4 Å². The zero-order valence-corrected chi connectivity index (χ0v) is 20.9. The van der Waals surface area contributed by atoms with E-state index in [1.165, 1.54) is 6.42 Å². The van der Waals surface area contributed by atoms with Crippen molar-refractivity contribution in [2.75, 3.05) is 36.0 Å². The third kappa shape index (κ3) is 3.32. The molecule has 3 aromatic rings. The second-order valence-corrected chi connectivity index (χ2v) is 9.83. The summed E-state index contributed by atoms with van der Waals surface area (Å²) in [4.78, 5) is 17.8. The summed E-state index contributed by atoms with van der Waals surface area (Å²) in [5.74, 6) is 0.895. The minimum atomic E-state index is -1.10. The van der Waals surface area contributed by atoms with Gasteiger partial charge in [-0.1, -0.05) is 29.8 Å². The van der Waals surface area contributed by atoms with Crippen LogP contribution in [0.1, 0.15) is 60.2 Å². The van der Waals surface area contributed by atoms with Crippen LogP contribution in [0.4, 0.5) is 11.4 Å². The van der Waals surface area contributed by atoms with Gasteiger partial charge in [0.1, 0.15) is 5.75 Å². The number of benzene rings is 3. The van der Waals surface area contributed by atoms with Gasteiger partial charge in [-0.2, -0.15) is 0 Å². The van der Waals surface area contributed by atoms with Crippen molar-refractivity contribution in [3.8, 4) is 11.5 Å². The van der Waals surface area contributed by atoms with E-state index >= 15 is 0 Å². The third-order valence-electron chi connectivity index (χ3n) is 7.59. The second kappa shape index (κ2) is 8.49. The lowest BCUT2D eigenvalue weighted by Gasteiger charge is -2.39. The number of hydrogen-bond donors (Lipinski definition) is 0. The van der Waals surface area contributed by atoms with Crippen molar-refractivity contribution in [2.45, 2.75) is 38.7 Å². The summed E-state index contributed by atoms with van der Waals surface area (Å²) in [6.45, 7) is 8.01. The summed E-state index contributed by atoms with van der Waals surface area (Å²) in [6.07, 6.45) is 3.56. The third-order valence-corrected chi connectivity index (χ3v) is 7.87. The van der Waals surface area contributed by atoms with Gasteiger partial charge >= 0.3 is 5.97 Å². The van der Waals surface area contributed by atoms with Crippen molar-refractivity contribution in [3.63, 3.8) is 0 Å². The van der Waals surface area contributed by atoms with Gasteiger partial charge in [0.25, 0.3) is 0 Å². The highest BCUT2D eigenvalue weighted by atomic mass is 35.5. The number of carbonyl (C=O) groups excluding carboxylic acids is 1. The van der Waals surface area contributed by atoms with Crippen molar-refractivity contribution in [2.24, 2.45) is 0 Å². The fraction of sp³-hybridized carbons (Fsp3) is 0.345. The molecule has 3 heterocycles. The number of esters is 1. The Balaban J connectivity index is 1.60. The first-order chi connectivity index (χ1) is 17.1. The van der Waals surface area contributed by atoms with E-state index < -0.39 is 5.60 Å². The smallest absolute Gasteiger partial charge is 0.340 e. The molecule has 35 heavy (non-hydrogen) atoms. The van der Waals surface area contributed by atoms with E-state index in [2.05, 4.69) is 35.8 Å². The topological polar surface area (TPSA) is 42.0 Å². The lowest BCUT2D eigenvalue weighted by molar-refractivity contribution is 0.0224. The summed E-state index contributed by atoms with van der Waals surface area (Å²) in [5.41, 5.74) is 4.02. The Morgan fingerprint density at radius 2 is 1.71 bits per heavy atom. The maximum Gasteiger partial charge on any atom is 0.340 e. The molecule has 0 amide bonds. The van der Waals surface area contributed by atoms with Crippen LogP contribution in [-0.4, -0.2) is 32.1 Å². The van der Waals surface area contributed by atoms with E-state index in [1.54, 1.807) is 0 Å². The standard InChI is InChI=1S/C29H29ClN2O3/c1-3-31(4-2)19-12-13-23-26(18-19)34-27-24(16-20(17-25(27)30)32-14-8-5-9-15-32)29(23)22-11-7-6-10-21(22)28(33)35-29/h6-7,10-13,16-18H,3-5,8-9,14-15H2,1-2H3. The quantitative estimate of drug-likeness (QED) is 0.380. The second-order valence-electron chi connectivity index (χ2n) is 9.42. The Morgan fingerprint density at radius 3 is 2.49 bits per heavy atom. The highest BCUT2D eigenvalue weighted by Gasteiger charge is 2.54. The van der Waals surface area contributed by atoms with E-state index in [9.17, 15) is 4.79 Å². The zero-order chi connectivity index (χ0) is 24.2. The van der Waals surface area contributed by atoms with Gasteiger partial charge in [0, 0.05) is 54.7 Å². The van der Waals surface area contributed by atoms with Gasteiger partial charge in [0.15, 0.2) is 11.4 Å². The van der Waals surface area contributed by atoms with Crippen LogP contribution in [0.3, 0.4) is 0 Å². The van der Waals surface area contributed by atoms with Crippen LogP contribution in [0.2, 0.25) is 5.02 Å². The molecule has 0 aromatic heterocycles. The number of nitrogens with zero attached hydrogens (tertiary/aromatic N) is 2. The fourth-order valence-electron chi connectivity index (χ4n) is 5.82. The monoisotopic (exact) mass is 488 g/mol. The van der Waals surface area contributed by atoms with Crippen LogP contribution in [-0.2, 0) is 10.3 Å². The molecule has 1 spiro atoms. The lowest BCUT2D eigenvalue weighted by Crippen LogP contribution is -2.35. The minimum absolute atomic E-state index is 0.327. The van der Waals surface area contributed by atoms with Gasteiger partial charge in [0.2, 0.25) is 0 Å². The van der Waals surface area contributed by atoms with E-state index in [1.807, 2.05) is 42.5 Å². The number of carbonyl (C=O) groups is 1. The molecule has 0 aliphatic carbocycles. The van der Waals surface area contributed by atoms with Crippen LogP contribution >= 0.6 is 11.6 Å². The molecule has 1 saturated heterocycles. The van der Waals surface area contributed by atoms with E-state index in [0.29, 0.717) is 22.1 Å². The molecule has 1 fully saturated rings. The molecule has 6 heteroatoms. The average molecular weight is 489 g/mol. The maximum atomic E-state index is 13.2. The summed E-state index contributed by atoms with van der Waals surface area (Å²) < 4.78 is 12.9. The first-order valence-electron chi connectivity index (χ1n) is 12.6. The number of ether oxygens (including phenoxy) is 2. The van der Waals surface area contributed by atoms with Gasteiger partial charge in [-0.25, -0.2) is 4.79 Å². The molecule has 6 rings (SSSR count). The van der Waals surface area contributed by atoms with Crippen LogP contribution in [0.25, 0.3) is 0 Å². The van der Waals surface area contributed by atoms with Crippen LogP contribution in [0.15, 0.2) is 54.6 Å². The molecule has 3 aliphatic rings. The highest BCUT2D eigenvalue weighted by molar-refractivity contribution is 6.32. The molecule has 0 radical (unpaired) electrons. The SMILES string of the molecule is CCN(CC)c1ccc2c(c1)Oc1c(Cl)cc(N3CCCCC3)cc1C21OC(=O)c2ccccc21. The van der Waals surface area contributed by atoms with Crippen LogP contribution < -0.4 is 14.5 Å². The predicted molar refractivity (Wildman–Crippen MR) is 139 cm³/mol. The molecule has 0 saturated carbocycles. The summed E-state index contributed by atoms with van der Waals surface area (Å²) >= 11 is 6.91. The van der Waals surface area contributed by atoms with Crippen molar-refractivity contribution in [1.29, 1.82) is 0 Å². The number of halogens is 1. The molecule has 3 aliphatic heterocycles. The van der Waals surface area contributed by atoms with Gasteiger partial charge in [0.05, 0.1) is 16.1 Å². The Bertz CT molecular complexity index is 1310. The Morgan fingerprint density at radius 1 is 0.943 bits per heavy atom.